The Morgan fingerprint density at radius 1 is 0.700 bits per heavy atom. The minimum atomic E-state index is 0.0295. The maximum absolute atomic E-state index is 13.2. The molecule has 0 aromatic carbocycles. The third-order valence-corrected chi connectivity index (χ3v) is 17.0. The predicted molar refractivity (Wildman–Crippen MR) is 214 cm³/mol. The average Bonchev–Trinajstić information content (AvgIpc) is 3.42. The molecule has 0 heterocycles. The molecule has 0 aromatic rings. The maximum Gasteiger partial charge on any atom is 0.306 e. The van der Waals surface area contributed by atoms with Gasteiger partial charge in [-0.15, -0.1) is 0 Å². The Morgan fingerprint density at radius 2 is 1.38 bits per heavy atom. The second-order valence-electron chi connectivity index (χ2n) is 20.2. The standard InChI is InChI=1S/C48H80O2/c1-10-11-12-13-14-15-16-17-18-19-20-21-22-23-24-25-42(49)50-41-30-32-46(7)39(44(41,4)5)29-33-48(9)40(46)27-26-38-43-37(36(2)3)28-31-45(43,6)34-35-47(38,48)8/h14-15,17-18,37-41,43H,2,10-13,16,19-35H2,1,3-9H3/b15-14-,18-17-/t37-,38+,39-,40+,41?,43+,45+,46-,47+,48+/m0/s1. The van der Waals surface area contributed by atoms with Crippen molar-refractivity contribution in [3.63, 3.8) is 0 Å². The smallest absolute Gasteiger partial charge is 0.306 e. The first kappa shape index (κ1) is 39.9. The first-order chi connectivity index (χ1) is 23.7. The summed E-state index contributed by atoms with van der Waals surface area (Å²) in [5.41, 5.74) is 3.15. The van der Waals surface area contributed by atoms with E-state index in [2.05, 4.69) is 86.3 Å². The minimum absolute atomic E-state index is 0.0295. The highest BCUT2D eigenvalue weighted by Crippen LogP contribution is 2.77. The van der Waals surface area contributed by atoms with E-state index < -0.39 is 0 Å². The lowest BCUT2D eigenvalue weighted by Gasteiger charge is -2.73. The predicted octanol–water partition coefficient (Wildman–Crippen LogP) is 14.4. The first-order valence-corrected chi connectivity index (χ1v) is 21.9. The van der Waals surface area contributed by atoms with Crippen molar-refractivity contribution in [2.45, 2.75) is 203 Å². The fraction of sp³-hybridized carbons (Fsp3) is 0.854. The van der Waals surface area contributed by atoms with Crippen molar-refractivity contribution in [3.8, 4) is 0 Å². The number of carbonyl (C=O) groups excluding carboxylic acids is 1. The number of fused-ring (bicyclic) bond motifs is 7. The highest BCUT2D eigenvalue weighted by molar-refractivity contribution is 5.69. The van der Waals surface area contributed by atoms with E-state index in [0.717, 1.165) is 49.4 Å². The van der Waals surface area contributed by atoms with Crippen LogP contribution in [-0.2, 0) is 9.53 Å². The number of hydrogen-bond acceptors (Lipinski definition) is 2. The molecule has 0 aliphatic heterocycles. The van der Waals surface area contributed by atoms with Gasteiger partial charge in [-0.05, 0) is 161 Å². The summed E-state index contributed by atoms with van der Waals surface area (Å²) in [4.78, 5) is 13.2. The molecular weight excluding hydrogens is 609 g/mol. The van der Waals surface area contributed by atoms with Crippen LogP contribution in [0.15, 0.2) is 36.5 Å². The van der Waals surface area contributed by atoms with Crippen LogP contribution in [-0.4, -0.2) is 12.1 Å². The SMILES string of the molecule is C=C(C)[C@@H]1CC[C@]2(C)CC[C@]3(C)[C@H](CC[C@@H]4[C@@]5(C)CCC(OC(=O)CCCCCCC/C=C\C/C=C\CCCCC)C(C)(C)[C@@H]5CC[C@]43C)[C@@H]12. The van der Waals surface area contributed by atoms with Gasteiger partial charge in [-0.2, -0.15) is 0 Å². The number of allylic oxidation sites excluding steroid dienone is 5. The van der Waals surface area contributed by atoms with Crippen LogP contribution in [0.2, 0.25) is 0 Å². The molecule has 5 fully saturated rings. The molecule has 2 heteroatoms. The van der Waals surface area contributed by atoms with Gasteiger partial charge < -0.3 is 4.74 Å². The van der Waals surface area contributed by atoms with Crippen LogP contribution < -0.4 is 0 Å². The Balaban J connectivity index is 1.08. The zero-order valence-electron chi connectivity index (χ0n) is 34.4. The lowest BCUT2D eigenvalue weighted by Crippen LogP contribution is -2.66. The highest BCUT2D eigenvalue weighted by atomic mass is 16.5. The van der Waals surface area contributed by atoms with Gasteiger partial charge in [-0.25, -0.2) is 0 Å². The summed E-state index contributed by atoms with van der Waals surface area (Å²) in [7, 11) is 0. The van der Waals surface area contributed by atoms with E-state index >= 15 is 0 Å². The molecule has 0 spiro atoms. The molecule has 0 amide bonds. The van der Waals surface area contributed by atoms with Gasteiger partial charge in [-0.3, -0.25) is 4.79 Å². The molecule has 5 aliphatic rings. The van der Waals surface area contributed by atoms with E-state index in [1.165, 1.54) is 115 Å². The zero-order chi connectivity index (χ0) is 36.2. The molecule has 5 rings (SSSR count). The average molecular weight is 689 g/mol. The van der Waals surface area contributed by atoms with Crippen LogP contribution in [0.4, 0.5) is 0 Å². The quantitative estimate of drug-likeness (QED) is 0.0916. The fourth-order valence-electron chi connectivity index (χ4n) is 14.0. The Bertz CT molecular complexity index is 1210. The van der Waals surface area contributed by atoms with Crippen LogP contribution in [0.3, 0.4) is 0 Å². The van der Waals surface area contributed by atoms with Crippen molar-refractivity contribution in [3.05, 3.63) is 36.5 Å². The van der Waals surface area contributed by atoms with Crippen molar-refractivity contribution in [1.82, 2.24) is 0 Å². The fourth-order valence-corrected chi connectivity index (χ4v) is 14.0. The topological polar surface area (TPSA) is 26.3 Å². The van der Waals surface area contributed by atoms with Crippen LogP contribution in [0, 0.1) is 56.7 Å². The second-order valence-corrected chi connectivity index (χ2v) is 20.2. The van der Waals surface area contributed by atoms with Gasteiger partial charge in [0.25, 0.3) is 0 Å². The summed E-state index contributed by atoms with van der Waals surface area (Å²) in [6.07, 6.45) is 36.6. The molecule has 284 valence electrons. The van der Waals surface area contributed by atoms with E-state index in [1.54, 1.807) is 0 Å². The molecule has 5 saturated carbocycles. The summed E-state index contributed by atoms with van der Waals surface area (Å²) in [5, 5.41) is 0. The summed E-state index contributed by atoms with van der Waals surface area (Å²) in [6.45, 7) is 24.9. The molecule has 0 aromatic heterocycles. The lowest BCUT2D eigenvalue weighted by atomic mass is 9.32. The number of unbranched alkanes of at least 4 members (excludes halogenated alkanes) is 8. The summed E-state index contributed by atoms with van der Waals surface area (Å²) < 4.78 is 6.42. The third-order valence-electron chi connectivity index (χ3n) is 17.0. The van der Waals surface area contributed by atoms with Crippen molar-refractivity contribution < 1.29 is 9.53 Å². The van der Waals surface area contributed by atoms with Crippen molar-refractivity contribution in [2.24, 2.45) is 56.7 Å². The van der Waals surface area contributed by atoms with Gasteiger partial charge in [0, 0.05) is 11.8 Å². The molecule has 10 atom stereocenters. The Morgan fingerprint density at radius 3 is 2.08 bits per heavy atom. The van der Waals surface area contributed by atoms with Gasteiger partial charge in [0.1, 0.15) is 6.10 Å². The van der Waals surface area contributed by atoms with Gasteiger partial charge >= 0.3 is 5.97 Å². The summed E-state index contributed by atoms with van der Waals surface area (Å²) in [6, 6.07) is 0. The van der Waals surface area contributed by atoms with Crippen LogP contribution >= 0.6 is 0 Å². The van der Waals surface area contributed by atoms with Crippen LogP contribution in [0.25, 0.3) is 0 Å². The molecular formula is C48H80O2. The maximum atomic E-state index is 13.2. The Labute approximate surface area is 310 Å². The Hall–Kier alpha value is -1.31. The zero-order valence-corrected chi connectivity index (χ0v) is 34.4. The molecule has 0 saturated heterocycles. The number of esters is 1. The van der Waals surface area contributed by atoms with Crippen molar-refractivity contribution >= 4 is 5.97 Å². The second kappa shape index (κ2) is 16.4. The largest absolute Gasteiger partial charge is 0.462 e. The molecule has 0 radical (unpaired) electrons. The lowest BCUT2D eigenvalue weighted by molar-refractivity contribution is -0.249. The Kier molecular flexibility index (Phi) is 13.1. The molecule has 5 aliphatic carbocycles. The molecule has 0 bridgehead atoms. The monoisotopic (exact) mass is 689 g/mol. The summed E-state index contributed by atoms with van der Waals surface area (Å²) in [5.74, 6) is 3.84. The van der Waals surface area contributed by atoms with E-state index in [0.29, 0.717) is 34.0 Å². The van der Waals surface area contributed by atoms with E-state index in [1.807, 2.05) is 0 Å². The number of ether oxygens (including phenoxy) is 1. The normalized spacial score (nSPS) is 40.6. The van der Waals surface area contributed by atoms with Gasteiger partial charge in [0.2, 0.25) is 0 Å². The highest BCUT2D eigenvalue weighted by Gasteiger charge is 2.70. The van der Waals surface area contributed by atoms with E-state index in [4.69, 9.17) is 4.74 Å². The molecule has 0 N–H and O–H groups in total. The van der Waals surface area contributed by atoms with Gasteiger partial charge in [0.05, 0.1) is 0 Å². The van der Waals surface area contributed by atoms with Gasteiger partial charge in [-0.1, -0.05) is 117 Å². The van der Waals surface area contributed by atoms with E-state index in [9.17, 15) is 4.79 Å². The molecule has 50 heavy (non-hydrogen) atoms. The van der Waals surface area contributed by atoms with Crippen molar-refractivity contribution in [1.29, 1.82) is 0 Å². The van der Waals surface area contributed by atoms with Crippen molar-refractivity contribution in [2.75, 3.05) is 0 Å². The number of carbonyl (C=O) groups is 1. The third kappa shape index (κ3) is 7.68. The first-order valence-electron chi connectivity index (χ1n) is 21.9. The summed E-state index contributed by atoms with van der Waals surface area (Å²) >= 11 is 0. The van der Waals surface area contributed by atoms with E-state index in [-0.39, 0.29) is 17.5 Å². The minimum Gasteiger partial charge on any atom is -0.462 e. The molecule has 2 nitrogen and oxygen atoms in total. The molecule has 1 unspecified atom stereocenters. The number of rotatable bonds is 16. The number of hydrogen-bond donors (Lipinski definition) is 0. The van der Waals surface area contributed by atoms with Crippen LogP contribution in [0.1, 0.15) is 197 Å². The van der Waals surface area contributed by atoms with Crippen LogP contribution in [0.5, 0.6) is 0 Å². The van der Waals surface area contributed by atoms with Gasteiger partial charge in [0.15, 0.2) is 0 Å².